The Labute approximate surface area is 79.7 Å². The van der Waals surface area contributed by atoms with Crippen LogP contribution in [-0.2, 0) is 30.1 Å². The van der Waals surface area contributed by atoms with E-state index in [1.54, 1.807) is 0 Å². The molecule has 0 saturated carbocycles. The Hall–Kier alpha value is 0.804. The standard InChI is InChI=1S/C6H15O3P.Ni/c1-4-7-10(8-5-2)9-6-3;/h4-6H2,1-3H3;. The largest absolute Gasteiger partial charge is 0.332 e. The van der Waals surface area contributed by atoms with E-state index in [9.17, 15) is 0 Å². The Morgan fingerprint density at radius 3 is 1.27 bits per heavy atom. The Morgan fingerprint density at radius 1 is 0.818 bits per heavy atom. The second kappa shape index (κ2) is 10.8. The third-order valence-electron chi connectivity index (χ3n) is 0.704. The fourth-order valence-electron chi connectivity index (χ4n) is 0.428. The van der Waals surface area contributed by atoms with Crippen molar-refractivity contribution < 1.29 is 30.1 Å². The molecule has 5 heteroatoms. The summed E-state index contributed by atoms with van der Waals surface area (Å²) in [6.45, 7) is 7.71. The maximum atomic E-state index is 5.14. The molecular weight excluding hydrogens is 210 g/mol. The van der Waals surface area contributed by atoms with E-state index in [1.165, 1.54) is 0 Å². The zero-order valence-electron chi connectivity index (χ0n) is 7.11. The van der Waals surface area contributed by atoms with Gasteiger partial charge in [0.15, 0.2) is 0 Å². The first-order chi connectivity index (χ1) is 4.85. The van der Waals surface area contributed by atoms with E-state index in [0.29, 0.717) is 19.8 Å². The van der Waals surface area contributed by atoms with Gasteiger partial charge in [-0.3, -0.25) is 0 Å². The summed E-state index contributed by atoms with van der Waals surface area (Å²) in [6.07, 6.45) is 0. The Bertz CT molecular complexity index is 60.6. The van der Waals surface area contributed by atoms with E-state index in [1.807, 2.05) is 20.8 Å². The topological polar surface area (TPSA) is 27.7 Å². The summed E-state index contributed by atoms with van der Waals surface area (Å²) in [6, 6.07) is 0. The van der Waals surface area contributed by atoms with Crippen molar-refractivity contribution in [3.8, 4) is 0 Å². The average Bonchev–Trinajstić information content (AvgIpc) is 1.90. The fraction of sp³-hybridized carbons (Fsp3) is 1.00. The van der Waals surface area contributed by atoms with Gasteiger partial charge in [0.25, 0.3) is 0 Å². The van der Waals surface area contributed by atoms with Gasteiger partial charge in [-0.15, -0.1) is 0 Å². The molecule has 0 N–H and O–H groups in total. The van der Waals surface area contributed by atoms with Crippen LogP contribution in [0.4, 0.5) is 0 Å². The van der Waals surface area contributed by atoms with Crippen LogP contribution in [0.5, 0.6) is 0 Å². The maximum Gasteiger partial charge on any atom is 0.332 e. The van der Waals surface area contributed by atoms with Gasteiger partial charge in [0.05, 0.1) is 19.8 Å². The first-order valence-corrected chi connectivity index (χ1v) is 4.63. The smallest absolute Gasteiger partial charge is 0.313 e. The molecule has 3 nitrogen and oxygen atoms in total. The summed E-state index contributed by atoms with van der Waals surface area (Å²) in [4.78, 5) is 0. The summed E-state index contributed by atoms with van der Waals surface area (Å²) in [5.41, 5.74) is 0. The molecule has 0 amide bonds. The molecule has 11 heavy (non-hydrogen) atoms. The SMILES string of the molecule is CCOP(OCC)OCC.[Ni]. The zero-order chi connectivity index (χ0) is 7.82. The third kappa shape index (κ3) is 8.71. The Kier molecular flexibility index (Phi) is 14.1. The summed E-state index contributed by atoms with van der Waals surface area (Å²) in [5.74, 6) is 0. The van der Waals surface area contributed by atoms with Crippen molar-refractivity contribution in [3.05, 3.63) is 0 Å². The van der Waals surface area contributed by atoms with Crippen LogP contribution in [0.1, 0.15) is 20.8 Å². The van der Waals surface area contributed by atoms with Gasteiger partial charge in [0, 0.05) is 16.5 Å². The number of rotatable bonds is 6. The normalized spacial score (nSPS) is 9.82. The summed E-state index contributed by atoms with van der Waals surface area (Å²) >= 11 is 0. The molecule has 0 atom stereocenters. The molecule has 0 aliphatic heterocycles. The predicted molar refractivity (Wildman–Crippen MR) is 41.8 cm³/mol. The molecule has 0 saturated heterocycles. The van der Waals surface area contributed by atoms with Gasteiger partial charge in [0.1, 0.15) is 0 Å². The molecule has 0 spiro atoms. The number of hydrogen-bond acceptors (Lipinski definition) is 3. The van der Waals surface area contributed by atoms with E-state index in [-0.39, 0.29) is 16.5 Å². The fourth-order valence-corrected chi connectivity index (χ4v) is 1.28. The van der Waals surface area contributed by atoms with Gasteiger partial charge in [-0.2, -0.15) is 0 Å². The second-order valence-corrected chi connectivity index (χ2v) is 2.70. The molecule has 0 aromatic rings. The molecule has 0 unspecified atom stereocenters. The van der Waals surface area contributed by atoms with Crippen molar-refractivity contribution in [1.82, 2.24) is 0 Å². The zero-order valence-corrected chi connectivity index (χ0v) is 8.99. The van der Waals surface area contributed by atoms with Crippen LogP contribution in [0.3, 0.4) is 0 Å². The van der Waals surface area contributed by atoms with Crippen LogP contribution in [0, 0.1) is 0 Å². The average molecular weight is 225 g/mol. The van der Waals surface area contributed by atoms with Gasteiger partial charge in [-0.1, -0.05) is 0 Å². The van der Waals surface area contributed by atoms with Gasteiger partial charge >= 0.3 is 8.60 Å². The molecule has 0 rings (SSSR count). The molecule has 0 aliphatic rings. The van der Waals surface area contributed by atoms with Crippen molar-refractivity contribution in [2.45, 2.75) is 20.8 Å². The predicted octanol–water partition coefficient (Wildman–Crippen LogP) is 2.32. The van der Waals surface area contributed by atoms with Crippen LogP contribution in [0.2, 0.25) is 0 Å². The van der Waals surface area contributed by atoms with Crippen molar-refractivity contribution in [2.75, 3.05) is 19.8 Å². The quantitative estimate of drug-likeness (QED) is 0.512. The number of hydrogen-bond donors (Lipinski definition) is 0. The first-order valence-electron chi connectivity index (χ1n) is 3.54. The van der Waals surface area contributed by atoms with Gasteiger partial charge < -0.3 is 13.6 Å². The van der Waals surface area contributed by atoms with Gasteiger partial charge in [-0.05, 0) is 20.8 Å². The molecule has 0 heterocycles. The van der Waals surface area contributed by atoms with Crippen molar-refractivity contribution in [1.29, 1.82) is 0 Å². The van der Waals surface area contributed by atoms with Gasteiger partial charge in [0.2, 0.25) is 0 Å². The summed E-state index contributed by atoms with van der Waals surface area (Å²) < 4.78 is 15.4. The van der Waals surface area contributed by atoms with Crippen LogP contribution in [0.25, 0.3) is 0 Å². The monoisotopic (exact) mass is 224 g/mol. The van der Waals surface area contributed by atoms with E-state index in [2.05, 4.69) is 0 Å². The Morgan fingerprint density at radius 2 is 1.09 bits per heavy atom. The summed E-state index contributed by atoms with van der Waals surface area (Å²) in [5, 5.41) is 0. The molecule has 0 aliphatic carbocycles. The minimum absolute atomic E-state index is 0. The minimum atomic E-state index is -1.06. The maximum absolute atomic E-state index is 5.14. The third-order valence-corrected chi connectivity index (χ3v) is 2.11. The summed E-state index contributed by atoms with van der Waals surface area (Å²) in [7, 11) is -1.06. The van der Waals surface area contributed by atoms with Crippen LogP contribution in [0.15, 0.2) is 0 Å². The van der Waals surface area contributed by atoms with Crippen LogP contribution in [-0.4, -0.2) is 19.8 Å². The minimum Gasteiger partial charge on any atom is -0.313 e. The van der Waals surface area contributed by atoms with E-state index >= 15 is 0 Å². The molecule has 0 bridgehead atoms. The molecule has 0 aromatic heterocycles. The first kappa shape index (κ1) is 14.3. The van der Waals surface area contributed by atoms with E-state index in [4.69, 9.17) is 13.6 Å². The van der Waals surface area contributed by atoms with E-state index < -0.39 is 8.60 Å². The molecule has 72 valence electrons. The van der Waals surface area contributed by atoms with Gasteiger partial charge in [-0.25, -0.2) is 0 Å². The molecule has 0 aromatic carbocycles. The molecule has 0 radical (unpaired) electrons. The second-order valence-electron chi connectivity index (χ2n) is 1.48. The van der Waals surface area contributed by atoms with Crippen LogP contribution < -0.4 is 0 Å². The van der Waals surface area contributed by atoms with Crippen LogP contribution >= 0.6 is 8.60 Å². The van der Waals surface area contributed by atoms with Crippen molar-refractivity contribution in [3.63, 3.8) is 0 Å². The van der Waals surface area contributed by atoms with E-state index in [0.717, 1.165) is 0 Å². The van der Waals surface area contributed by atoms with Crippen molar-refractivity contribution in [2.24, 2.45) is 0 Å². The van der Waals surface area contributed by atoms with Crippen molar-refractivity contribution >= 4 is 8.60 Å². The Balaban J connectivity index is 0. The molecule has 0 fully saturated rings. The molecular formula is C6H15NiO3P.